The van der Waals surface area contributed by atoms with Gasteiger partial charge >= 0.3 is 6.09 Å². The fourth-order valence-corrected chi connectivity index (χ4v) is 1.22. The number of carbonyl (C=O) groups excluding carboxylic acids is 1. The molecule has 0 spiro atoms. The number of ether oxygens (including phenoxy) is 1. The fourth-order valence-electron chi connectivity index (χ4n) is 1.22. The van der Waals surface area contributed by atoms with Crippen LogP contribution in [-0.4, -0.2) is 16.8 Å². The molecule has 0 saturated carbocycles. The van der Waals surface area contributed by atoms with E-state index in [-0.39, 0.29) is 12.3 Å². The second-order valence-corrected chi connectivity index (χ2v) is 4.59. The molecule has 0 aliphatic carbocycles. The molecule has 0 radical (unpaired) electrons. The van der Waals surface area contributed by atoms with E-state index in [4.69, 9.17) is 9.84 Å². The number of aliphatic hydroxyl groups excluding tert-OH is 1. The first-order chi connectivity index (χ1) is 7.81. The van der Waals surface area contributed by atoms with Gasteiger partial charge in [0.1, 0.15) is 11.4 Å². The second kappa shape index (κ2) is 5.14. The highest BCUT2D eigenvalue weighted by Gasteiger charge is 2.17. The Morgan fingerprint density at radius 1 is 1.47 bits per heavy atom. The third-order valence-electron chi connectivity index (χ3n) is 1.88. The van der Waals surface area contributed by atoms with Gasteiger partial charge in [0.2, 0.25) is 0 Å². The Hall–Kier alpha value is -1.62. The van der Waals surface area contributed by atoms with Crippen molar-refractivity contribution in [2.45, 2.75) is 33.0 Å². The first-order valence-electron chi connectivity index (χ1n) is 5.21. The van der Waals surface area contributed by atoms with Crippen LogP contribution < -0.4 is 5.32 Å². The van der Waals surface area contributed by atoms with Crippen LogP contribution >= 0.6 is 0 Å². The number of hydrogen-bond acceptors (Lipinski definition) is 3. The van der Waals surface area contributed by atoms with Gasteiger partial charge in [-0.3, -0.25) is 5.32 Å². The average Bonchev–Trinajstić information content (AvgIpc) is 2.14. The first kappa shape index (κ1) is 13.4. The Kier molecular flexibility index (Phi) is 4.07. The normalized spacial score (nSPS) is 11.1. The number of hydrogen-bond donors (Lipinski definition) is 2. The minimum Gasteiger partial charge on any atom is -0.444 e. The summed E-state index contributed by atoms with van der Waals surface area (Å²) in [6.45, 7) is 4.90. The SMILES string of the molecule is CC(C)(C)OC(=O)Nc1cc(F)ccc1CO. The zero-order valence-electron chi connectivity index (χ0n) is 10.1. The maximum atomic E-state index is 13.0. The number of rotatable bonds is 2. The molecule has 4 nitrogen and oxygen atoms in total. The molecular formula is C12H16FNO3. The van der Waals surface area contributed by atoms with Gasteiger partial charge in [-0.2, -0.15) is 0 Å². The molecule has 0 aromatic heterocycles. The summed E-state index contributed by atoms with van der Waals surface area (Å²) in [5.74, 6) is -0.492. The lowest BCUT2D eigenvalue weighted by Crippen LogP contribution is -2.27. The molecule has 0 heterocycles. The molecule has 0 fully saturated rings. The summed E-state index contributed by atoms with van der Waals surface area (Å²) in [7, 11) is 0. The molecule has 1 aromatic carbocycles. The molecule has 0 unspecified atom stereocenters. The van der Waals surface area contributed by atoms with Gasteiger partial charge in [0.25, 0.3) is 0 Å². The van der Waals surface area contributed by atoms with Gasteiger partial charge in [-0.15, -0.1) is 0 Å². The molecule has 5 heteroatoms. The van der Waals surface area contributed by atoms with Gasteiger partial charge in [0.15, 0.2) is 0 Å². The molecule has 1 aromatic rings. The van der Waals surface area contributed by atoms with E-state index < -0.39 is 17.5 Å². The van der Waals surface area contributed by atoms with Crippen LogP contribution in [0.4, 0.5) is 14.9 Å². The van der Waals surface area contributed by atoms with Crippen molar-refractivity contribution in [2.75, 3.05) is 5.32 Å². The molecule has 1 rings (SSSR count). The molecule has 0 bridgehead atoms. The summed E-state index contributed by atoms with van der Waals surface area (Å²) in [5, 5.41) is 11.4. The number of halogens is 1. The number of carbonyl (C=O) groups is 1. The molecule has 1 amide bonds. The van der Waals surface area contributed by atoms with Crippen LogP contribution in [0.5, 0.6) is 0 Å². The third-order valence-corrected chi connectivity index (χ3v) is 1.88. The van der Waals surface area contributed by atoms with E-state index in [1.165, 1.54) is 12.1 Å². The van der Waals surface area contributed by atoms with Gasteiger partial charge in [-0.05, 0) is 32.9 Å². The molecule has 2 N–H and O–H groups in total. The van der Waals surface area contributed by atoms with Crippen LogP contribution in [0.25, 0.3) is 0 Å². The number of benzene rings is 1. The number of nitrogens with one attached hydrogen (secondary N) is 1. The lowest BCUT2D eigenvalue weighted by atomic mass is 10.2. The Morgan fingerprint density at radius 3 is 2.65 bits per heavy atom. The zero-order valence-corrected chi connectivity index (χ0v) is 10.1. The Bertz CT molecular complexity index is 413. The lowest BCUT2D eigenvalue weighted by Gasteiger charge is -2.20. The van der Waals surface area contributed by atoms with Crippen LogP contribution in [0.3, 0.4) is 0 Å². The van der Waals surface area contributed by atoms with E-state index in [2.05, 4.69) is 5.32 Å². The van der Waals surface area contributed by atoms with Gasteiger partial charge in [0, 0.05) is 5.56 Å². The largest absolute Gasteiger partial charge is 0.444 e. The molecule has 0 atom stereocenters. The molecule has 94 valence electrons. The van der Waals surface area contributed by atoms with Crippen molar-refractivity contribution in [1.29, 1.82) is 0 Å². The average molecular weight is 241 g/mol. The summed E-state index contributed by atoms with van der Waals surface area (Å²) >= 11 is 0. The van der Waals surface area contributed by atoms with Gasteiger partial charge < -0.3 is 9.84 Å². The first-order valence-corrected chi connectivity index (χ1v) is 5.21. The van der Waals surface area contributed by atoms with E-state index in [9.17, 15) is 9.18 Å². The Morgan fingerprint density at radius 2 is 2.12 bits per heavy atom. The molecule has 0 aliphatic rings. The molecule has 0 aliphatic heterocycles. The van der Waals surface area contributed by atoms with Crippen molar-refractivity contribution in [3.63, 3.8) is 0 Å². The maximum Gasteiger partial charge on any atom is 0.412 e. The van der Waals surface area contributed by atoms with Crippen LogP contribution in [-0.2, 0) is 11.3 Å². The summed E-state index contributed by atoms with van der Waals surface area (Å²) < 4.78 is 18.0. The minimum atomic E-state index is -0.683. The van der Waals surface area contributed by atoms with Crippen molar-refractivity contribution >= 4 is 11.8 Å². The Labute approximate surface area is 99.4 Å². The monoisotopic (exact) mass is 241 g/mol. The number of amides is 1. The Balaban J connectivity index is 2.80. The van der Waals surface area contributed by atoms with Crippen molar-refractivity contribution in [3.05, 3.63) is 29.6 Å². The minimum absolute atomic E-state index is 0.210. The van der Waals surface area contributed by atoms with Gasteiger partial charge in [-0.25, -0.2) is 9.18 Å². The highest BCUT2D eigenvalue weighted by atomic mass is 19.1. The van der Waals surface area contributed by atoms with E-state index in [0.29, 0.717) is 5.56 Å². The summed E-state index contributed by atoms with van der Waals surface area (Å²) in [4.78, 5) is 11.5. The fraction of sp³-hybridized carbons (Fsp3) is 0.417. The van der Waals surface area contributed by atoms with Crippen LogP contribution in [0.1, 0.15) is 26.3 Å². The predicted molar refractivity (Wildman–Crippen MR) is 62.2 cm³/mol. The van der Waals surface area contributed by atoms with Crippen molar-refractivity contribution < 1.29 is 19.0 Å². The number of anilines is 1. The summed E-state index contributed by atoms with van der Waals surface area (Å²) in [5.41, 5.74) is 0.00978. The van der Waals surface area contributed by atoms with Crippen LogP contribution in [0.2, 0.25) is 0 Å². The topological polar surface area (TPSA) is 58.6 Å². The summed E-state index contributed by atoms with van der Waals surface area (Å²) in [6.07, 6.45) is -0.683. The van der Waals surface area contributed by atoms with Crippen LogP contribution in [0, 0.1) is 5.82 Å². The van der Waals surface area contributed by atoms with E-state index >= 15 is 0 Å². The number of aliphatic hydroxyl groups is 1. The zero-order chi connectivity index (χ0) is 13.1. The standard InChI is InChI=1S/C12H16FNO3/c1-12(2,3)17-11(16)14-10-6-9(13)5-4-8(10)7-15/h4-6,15H,7H2,1-3H3,(H,14,16). The highest BCUT2D eigenvalue weighted by molar-refractivity contribution is 5.85. The lowest BCUT2D eigenvalue weighted by molar-refractivity contribution is 0.0635. The highest BCUT2D eigenvalue weighted by Crippen LogP contribution is 2.18. The quantitative estimate of drug-likeness (QED) is 0.836. The third kappa shape index (κ3) is 4.40. The van der Waals surface area contributed by atoms with Gasteiger partial charge in [0.05, 0.1) is 12.3 Å². The van der Waals surface area contributed by atoms with E-state index in [1.54, 1.807) is 20.8 Å². The van der Waals surface area contributed by atoms with Crippen LogP contribution in [0.15, 0.2) is 18.2 Å². The van der Waals surface area contributed by atoms with Crippen molar-refractivity contribution in [2.24, 2.45) is 0 Å². The molecule has 0 saturated heterocycles. The molecular weight excluding hydrogens is 225 g/mol. The smallest absolute Gasteiger partial charge is 0.412 e. The van der Waals surface area contributed by atoms with Gasteiger partial charge in [-0.1, -0.05) is 6.07 Å². The summed E-state index contributed by atoms with van der Waals surface area (Å²) in [6, 6.07) is 3.75. The van der Waals surface area contributed by atoms with E-state index in [0.717, 1.165) is 6.07 Å². The van der Waals surface area contributed by atoms with Crippen molar-refractivity contribution in [1.82, 2.24) is 0 Å². The predicted octanol–water partition coefficient (Wildman–Crippen LogP) is 2.67. The van der Waals surface area contributed by atoms with Crippen molar-refractivity contribution in [3.8, 4) is 0 Å². The maximum absolute atomic E-state index is 13.0. The molecule has 17 heavy (non-hydrogen) atoms. The van der Waals surface area contributed by atoms with E-state index in [1.807, 2.05) is 0 Å². The second-order valence-electron chi connectivity index (χ2n) is 4.59.